The van der Waals surface area contributed by atoms with Gasteiger partial charge in [0.1, 0.15) is 5.82 Å². The van der Waals surface area contributed by atoms with Gasteiger partial charge in [-0.2, -0.15) is 0 Å². The number of H-pyrrole nitrogens is 1. The fraction of sp³-hybridized carbons (Fsp3) is 0.375. The van der Waals surface area contributed by atoms with Crippen molar-refractivity contribution in [3.63, 3.8) is 0 Å². The Morgan fingerprint density at radius 1 is 0.324 bits per heavy atom. The number of hydrogen-bond donors (Lipinski definition) is 1. The van der Waals surface area contributed by atoms with Gasteiger partial charge >= 0.3 is 0 Å². The summed E-state index contributed by atoms with van der Waals surface area (Å²) in [6.07, 6.45) is 15.0. The predicted octanol–water partition coefficient (Wildman–Crippen LogP) is 36.5. The summed E-state index contributed by atoms with van der Waals surface area (Å²) in [5.41, 5.74) is 9.62. The number of nitrogens with zero attached hydrogens (tertiary/aromatic N) is 5. The molecule has 0 spiro atoms. The normalized spacial score (nSPS) is 10.8. The van der Waals surface area contributed by atoms with Crippen LogP contribution in [-0.2, 0) is 38.3 Å². The molecule has 0 aliphatic carbocycles. The van der Waals surface area contributed by atoms with Crippen molar-refractivity contribution < 1.29 is 51.2 Å². The second-order valence-electron chi connectivity index (χ2n) is 40.0. The van der Waals surface area contributed by atoms with Gasteiger partial charge in [0.2, 0.25) is 0 Å². The predicted molar refractivity (Wildman–Crippen MR) is 630 cm³/mol. The molecule has 14 aromatic rings. The molecule has 0 bridgehead atoms. The minimum Gasteiger partial charge on any atom is -0.381 e. The molecule has 0 unspecified atom stereocenters. The van der Waals surface area contributed by atoms with Crippen LogP contribution in [0.2, 0.25) is 50.2 Å². The number of imidazole rings is 1. The molecule has 0 aliphatic rings. The molecular formula is C120H154Cl10N6O11S. The summed E-state index contributed by atoms with van der Waals surface area (Å²) in [6.45, 7) is 64.8. The van der Waals surface area contributed by atoms with Crippen LogP contribution in [0.3, 0.4) is 0 Å². The number of aromatic nitrogens is 6. The summed E-state index contributed by atoms with van der Waals surface area (Å²) in [7, 11) is -3.27. The molecule has 0 saturated heterocycles. The largest absolute Gasteiger partial charge is 0.381 e. The van der Waals surface area contributed by atoms with E-state index in [1.807, 2.05) is 152 Å². The molecule has 17 nitrogen and oxygen atoms in total. The van der Waals surface area contributed by atoms with E-state index in [1.165, 1.54) is 29.8 Å². The number of Topliss-reactive ketones (excluding diaryl/α,β-unsaturated/α-hetero) is 1. The molecule has 806 valence electrons. The van der Waals surface area contributed by atoms with E-state index in [9.17, 15) is 22.8 Å². The van der Waals surface area contributed by atoms with Crippen LogP contribution in [0.1, 0.15) is 221 Å². The number of benzene rings is 9. The molecule has 14 rings (SSSR count). The number of aryl methyl sites for hydroxylation is 1. The summed E-state index contributed by atoms with van der Waals surface area (Å²) >= 11 is 59.0. The lowest BCUT2D eigenvalue weighted by molar-refractivity contribution is 0.0805. The van der Waals surface area contributed by atoms with Crippen LogP contribution >= 0.6 is 116 Å². The van der Waals surface area contributed by atoms with Gasteiger partial charge in [-0.1, -0.05) is 349 Å². The first-order valence-corrected chi connectivity index (χ1v) is 54.3. The summed E-state index contributed by atoms with van der Waals surface area (Å²) in [4.78, 5) is 54.1. The van der Waals surface area contributed by atoms with E-state index in [-0.39, 0.29) is 27.3 Å². The number of carbonyl (C=O) groups excluding carboxylic acids is 3. The van der Waals surface area contributed by atoms with Gasteiger partial charge in [-0.25, -0.2) is 13.4 Å². The van der Waals surface area contributed by atoms with E-state index >= 15 is 0 Å². The minimum atomic E-state index is -3.27. The van der Waals surface area contributed by atoms with Crippen LogP contribution in [-0.4, -0.2) is 141 Å². The average Bonchev–Trinajstić information content (AvgIpc) is 1.59. The Labute approximate surface area is 933 Å². The molecule has 148 heavy (non-hydrogen) atoms. The standard InChI is InChI=1S/C18H11Cl2N.C16H10Cl2N2O.C14H10Cl2O.C8H6Cl2O.C7H6Cl2O2S.6C7H16O.3C5H5N/c19-12-9-10-15(20)18(11-12)21-16-7-3-1-5-13(16)14-6-2-4-8-17(14)21;17-12-5-6-14(18)13(9-12)15(21)10-1-3-11(4-2-10)16-19-7-8-20-16;1-9-2-4-10(5-3-9)14(17)12-8-11(15)6-7-13(12)16;1-5(11)7-4-6(9)2-3-8(7)10;1-12(10,11)7-4-5(8)2-3-6(7)9;6*1-5-8-6-7(2,3)4;3*1-2-4-6-5-3-1/h1-11H;1-9H,(H,19,20);2-8H,1H3;2-4H,1H3;2-4H,1H3;6*5-6H2,1-4H3;3*1-5H. The van der Waals surface area contributed by atoms with Crippen LogP contribution in [0, 0.1) is 39.4 Å². The molecule has 0 radical (unpaired) electrons. The van der Waals surface area contributed by atoms with Crippen molar-refractivity contribution in [1.29, 1.82) is 0 Å². The average molecular weight is 2240 g/mol. The zero-order valence-electron chi connectivity index (χ0n) is 91.1. The van der Waals surface area contributed by atoms with Crippen LogP contribution in [0.25, 0.3) is 38.9 Å². The van der Waals surface area contributed by atoms with E-state index in [4.69, 9.17) is 144 Å². The van der Waals surface area contributed by atoms with Crippen molar-refractivity contribution in [2.24, 2.45) is 32.5 Å². The lowest BCUT2D eigenvalue weighted by Crippen LogP contribution is -2.14. The van der Waals surface area contributed by atoms with Crippen LogP contribution in [0.5, 0.6) is 0 Å². The number of ether oxygens (including phenoxy) is 6. The molecule has 9 aromatic carbocycles. The number of sulfone groups is 1. The van der Waals surface area contributed by atoms with E-state index in [0.717, 1.165) is 119 Å². The highest BCUT2D eigenvalue weighted by molar-refractivity contribution is 7.90. The Morgan fingerprint density at radius 3 is 0.851 bits per heavy atom. The Hall–Kier alpha value is -8.94. The van der Waals surface area contributed by atoms with E-state index < -0.39 is 9.84 Å². The first kappa shape index (κ1) is 137. The maximum absolute atomic E-state index is 12.5. The topological polar surface area (TPSA) is 213 Å². The molecule has 5 heterocycles. The quantitative estimate of drug-likeness (QED) is 0.0703. The lowest BCUT2D eigenvalue weighted by atomic mass is 9.99. The van der Waals surface area contributed by atoms with Crippen molar-refractivity contribution in [2.45, 2.75) is 185 Å². The van der Waals surface area contributed by atoms with E-state index in [0.29, 0.717) is 106 Å². The molecule has 5 aromatic heterocycles. The first-order valence-electron chi connectivity index (χ1n) is 48.6. The van der Waals surface area contributed by atoms with Crippen LogP contribution in [0.4, 0.5) is 0 Å². The van der Waals surface area contributed by atoms with Crippen LogP contribution < -0.4 is 0 Å². The van der Waals surface area contributed by atoms with E-state index in [1.54, 1.807) is 141 Å². The Morgan fingerprint density at radius 2 is 0.601 bits per heavy atom. The Bertz CT molecular complexity index is 5780. The highest BCUT2D eigenvalue weighted by Gasteiger charge is 2.20. The van der Waals surface area contributed by atoms with Gasteiger partial charge in [0.05, 0.1) is 86.4 Å². The zero-order chi connectivity index (χ0) is 112. The molecular weight excluding hydrogens is 2090 g/mol. The lowest BCUT2D eigenvalue weighted by Gasteiger charge is -2.16. The van der Waals surface area contributed by atoms with Gasteiger partial charge in [-0.05, 0) is 227 Å². The summed E-state index contributed by atoms with van der Waals surface area (Å²) < 4.78 is 55.5. The minimum absolute atomic E-state index is 0.0664. The van der Waals surface area contributed by atoms with Crippen molar-refractivity contribution in [1.82, 2.24) is 29.5 Å². The number of pyridine rings is 3. The SMILES string of the molecule is CC(=O)c1cc(Cl)ccc1Cl.CCOCC(C)(C)C.CCOCC(C)(C)C.CCOCC(C)(C)C.CCOCC(C)(C)C.CCOCC(C)(C)C.CCOCC(C)(C)C.CS(=O)(=O)c1cc(Cl)ccc1Cl.Cc1ccc(C(=O)c2cc(Cl)ccc2Cl)cc1.Clc1ccc(Cl)c(-n2c3ccccc3c3ccccc32)c1.O=C(c1ccc(-c2ncc[nH]2)cc1)c1cc(Cl)ccc1Cl.c1ccncc1.c1ccncc1.c1ccncc1. The fourth-order valence-corrected chi connectivity index (χ4v) is 14.4. The molecule has 0 amide bonds. The smallest absolute Gasteiger partial charge is 0.194 e. The van der Waals surface area contributed by atoms with Crippen molar-refractivity contribution in [3.8, 4) is 17.1 Å². The van der Waals surface area contributed by atoms with Gasteiger partial charge in [0.25, 0.3) is 0 Å². The van der Waals surface area contributed by atoms with Gasteiger partial charge in [-0.3, -0.25) is 29.3 Å². The molecule has 1 N–H and O–H groups in total. The number of ketones is 3. The number of carbonyl (C=O) groups is 3. The number of para-hydroxylation sites is 2. The fourth-order valence-electron chi connectivity index (χ4n) is 11.3. The highest BCUT2D eigenvalue weighted by atomic mass is 35.5. The number of rotatable bonds is 20. The Balaban J connectivity index is 0.000000816. The second kappa shape index (κ2) is 73.3. The number of aromatic amines is 1. The first-order chi connectivity index (χ1) is 69.4. The van der Waals surface area contributed by atoms with Crippen molar-refractivity contribution >= 4 is 165 Å². The monoisotopic (exact) mass is 2240 g/mol. The van der Waals surface area contributed by atoms with Gasteiger partial charge < -0.3 is 38.0 Å². The second-order valence-corrected chi connectivity index (χ2v) is 46.2. The van der Waals surface area contributed by atoms with Gasteiger partial charge in [0.15, 0.2) is 27.2 Å². The number of fused-ring (bicyclic) bond motifs is 3. The molecule has 0 atom stereocenters. The van der Waals surface area contributed by atoms with Gasteiger partial charge in [-0.15, -0.1) is 0 Å². The Kier molecular flexibility index (Phi) is 67.9. The third-order valence-electron chi connectivity index (χ3n) is 18.0. The number of nitrogens with one attached hydrogen (secondary N) is 1. The summed E-state index contributed by atoms with van der Waals surface area (Å²) in [6, 6.07) is 72.8. The molecule has 28 heteroatoms. The molecule has 0 fully saturated rings. The number of hydrogen-bond acceptors (Lipinski definition) is 15. The van der Waals surface area contributed by atoms with E-state index in [2.05, 4.69) is 191 Å². The molecule has 0 saturated carbocycles. The van der Waals surface area contributed by atoms with Crippen LogP contribution in [0.15, 0.2) is 297 Å². The van der Waals surface area contributed by atoms with Crippen molar-refractivity contribution in [2.75, 3.05) is 85.5 Å². The van der Waals surface area contributed by atoms with Crippen molar-refractivity contribution in [3.05, 3.63) is 376 Å². The van der Waals surface area contributed by atoms with Gasteiger partial charge in [0, 0.05) is 165 Å². The third kappa shape index (κ3) is 64.0. The third-order valence-corrected chi connectivity index (χ3v) is 22.1. The maximum Gasteiger partial charge on any atom is 0.194 e. The molecule has 0 aliphatic heterocycles. The summed E-state index contributed by atoms with van der Waals surface area (Å²) in [5.74, 6) is 0.415. The highest BCUT2D eigenvalue weighted by Crippen LogP contribution is 2.37. The zero-order valence-corrected chi connectivity index (χ0v) is 99.5. The maximum atomic E-state index is 12.5. The summed E-state index contributed by atoms with van der Waals surface area (Å²) in [5, 5.41) is 7.11. The number of halogens is 10.